The number of nitrogens with two attached hydrogens (primary N) is 1. The van der Waals surface area contributed by atoms with E-state index in [9.17, 15) is 4.79 Å². The molecule has 0 aromatic heterocycles. The molecule has 0 aliphatic carbocycles. The van der Waals surface area contributed by atoms with Crippen molar-refractivity contribution in [1.82, 2.24) is 0 Å². The predicted molar refractivity (Wildman–Crippen MR) is 81.1 cm³/mol. The van der Waals surface area contributed by atoms with E-state index in [4.69, 9.17) is 17.3 Å². The van der Waals surface area contributed by atoms with Crippen LogP contribution < -0.4 is 5.73 Å². The summed E-state index contributed by atoms with van der Waals surface area (Å²) >= 11 is 5.72. The Hall–Kier alpha value is -0.860. The van der Waals surface area contributed by atoms with Gasteiger partial charge >= 0.3 is 0 Å². The van der Waals surface area contributed by atoms with Crippen LogP contribution in [0.25, 0.3) is 0 Å². The smallest absolute Gasteiger partial charge is 0.120 e. The molecule has 18 heavy (non-hydrogen) atoms. The largest absolute Gasteiger partial charge is 0.330 e. The van der Waals surface area contributed by atoms with E-state index in [1.54, 1.807) is 0 Å². The molecule has 0 bridgehead atoms. The first kappa shape index (κ1) is 19.5. The molecule has 0 unspecified atom stereocenters. The van der Waals surface area contributed by atoms with Crippen LogP contribution in [0.5, 0.6) is 0 Å². The number of unbranched alkanes of at least 4 members (excludes halogenated alkanes) is 1. The molecule has 0 atom stereocenters. The first-order chi connectivity index (χ1) is 8.74. The molecular weight excluding hydrogens is 246 g/mol. The number of carbonyl (C=O) groups is 1. The maximum Gasteiger partial charge on any atom is 0.120 e. The summed E-state index contributed by atoms with van der Waals surface area (Å²) in [5, 5.41) is 0.758. The van der Waals surface area contributed by atoms with Crippen molar-refractivity contribution in [3.05, 3.63) is 34.9 Å². The molecular formula is C15H26ClNO. The van der Waals surface area contributed by atoms with Crippen molar-refractivity contribution < 1.29 is 4.79 Å². The van der Waals surface area contributed by atoms with Gasteiger partial charge in [0, 0.05) is 11.4 Å². The topological polar surface area (TPSA) is 43.1 Å². The third kappa shape index (κ3) is 13.2. The zero-order chi connectivity index (χ0) is 14.2. The second kappa shape index (κ2) is 16.1. The molecule has 1 rings (SSSR count). The molecule has 2 N–H and O–H groups in total. The molecule has 0 aliphatic rings. The van der Waals surface area contributed by atoms with Crippen LogP contribution in [0, 0.1) is 0 Å². The van der Waals surface area contributed by atoms with Crippen LogP contribution in [0.4, 0.5) is 0 Å². The number of aryl methyl sites for hydroxylation is 1. The Balaban J connectivity index is 0. The summed E-state index contributed by atoms with van der Waals surface area (Å²) in [5.74, 6) is 0. The van der Waals surface area contributed by atoms with Crippen LogP contribution in [-0.4, -0.2) is 12.8 Å². The lowest BCUT2D eigenvalue weighted by Gasteiger charge is -1.97. The van der Waals surface area contributed by atoms with Crippen LogP contribution in [0.15, 0.2) is 24.3 Å². The first-order valence-electron chi connectivity index (χ1n) is 6.62. The average molecular weight is 272 g/mol. The number of hydrogen-bond donors (Lipinski definition) is 1. The highest BCUT2D eigenvalue weighted by Gasteiger charge is 1.92. The van der Waals surface area contributed by atoms with E-state index in [1.165, 1.54) is 5.56 Å². The van der Waals surface area contributed by atoms with Crippen molar-refractivity contribution in [2.24, 2.45) is 5.73 Å². The molecule has 0 fully saturated rings. The highest BCUT2D eigenvalue weighted by atomic mass is 35.5. The van der Waals surface area contributed by atoms with Crippen molar-refractivity contribution in [2.45, 2.75) is 46.5 Å². The highest BCUT2D eigenvalue weighted by Crippen LogP contribution is 2.11. The number of halogens is 1. The summed E-state index contributed by atoms with van der Waals surface area (Å²) < 4.78 is 0. The Morgan fingerprint density at radius 1 is 1.22 bits per heavy atom. The van der Waals surface area contributed by atoms with E-state index < -0.39 is 0 Å². The maximum atomic E-state index is 10.0. The van der Waals surface area contributed by atoms with Crippen LogP contribution in [0.2, 0.25) is 5.02 Å². The standard InChI is InChI=1S/C10H11ClO.C3H9N.C2H6/c11-10-6-4-9(5-7-10)3-1-2-8-12;1-2-3-4;1-2/h4-8H,1-3H2;2-4H2,1H3;1-2H3. The molecule has 104 valence electrons. The summed E-state index contributed by atoms with van der Waals surface area (Å²) in [7, 11) is 0. The fraction of sp³-hybridized carbons (Fsp3) is 0.533. The SMILES string of the molecule is CC.CCCN.O=CCCCc1ccc(Cl)cc1. The molecule has 0 radical (unpaired) electrons. The van der Waals surface area contributed by atoms with Gasteiger partial charge in [0.1, 0.15) is 6.29 Å². The number of hydrogen-bond acceptors (Lipinski definition) is 2. The van der Waals surface area contributed by atoms with E-state index in [0.717, 1.165) is 37.1 Å². The van der Waals surface area contributed by atoms with Gasteiger partial charge in [-0.05, 0) is 43.5 Å². The third-order valence-electron chi connectivity index (χ3n) is 1.99. The lowest BCUT2D eigenvalue weighted by molar-refractivity contribution is -0.107. The molecule has 0 saturated heterocycles. The van der Waals surface area contributed by atoms with E-state index in [1.807, 2.05) is 38.1 Å². The van der Waals surface area contributed by atoms with E-state index in [2.05, 4.69) is 6.92 Å². The number of rotatable bonds is 5. The minimum atomic E-state index is 0.641. The van der Waals surface area contributed by atoms with Gasteiger partial charge in [-0.2, -0.15) is 0 Å². The summed E-state index contributed by atoms with van der Waals surface area (Å²) in [6.07, 6.45) is 4.57. The van der Waals surface area contributed by atoms with E-state index in [0.29, 0.717) is 6.42 Å². The summed E-state index contributed by atoms with van der Waals surface area (Å²) in [5.41, 5.74) is 6.27. The number of benzene rings is 1. The summed E-state index contributed by atoms with van der Waals surface area (Å²) in [6.45, 7) is 6.88. The van der Waals surface area contributed by atoms with Crippen molar-refractivity contribution in [1.29, 1.82) is 0 Å². The van der Waals surface area contributed by atoms with Gasteiger partial charge in [-0.1, -0.05) is 44.5 Å². The van der Waals surface area contributed by atoms with Crippen LogP contribution in [0.1, 0.15) is 45.6 Å². The molecule has 1 aromatic rings. The third-order valence-corrected chi connectivity index (χ3v) is 2.24. The Morgan fingerprint density at radius 3 is 2.11 bits per heavy atom. The molecule has 3 heteroatoms. The van der Waals surface area contributed by atoms with E-state index in [-0.39, 0.29) is 0 Å². The molecule has 0 amide bonds. The summed E-state index contributed by atoms with van der Waals surface area (Å²) in [4.78, 5) is 10.0. The van der Waals surface area contributed by atoms with Gasteiger partial charge < -0.3 is 10.5 Å². The van der Waals surface area contributed by atoms with Crippen molar-refractivity contribution in [3.8, 4) is 0 Å². The molecule has 0 saturated carbocycles. The predicted octanol–water partition coefficient (Wildman–Crippen LogP) is 4.24. The van der Waals surface area contributed by atoms with Gasteiger partial charge in [0.05, 0.1) is 0 Å². The molecule has 0 aliphatic heterocycles. The molecule has 1 aromatic carbocycles. The number of carbonyl (C=O) groups excluding carboxylic acids is 1. The van der Waals surface area contributed by atoms with Gasteiger partial charge in [-0.3, -0.25) is 0 Å². The lowest BCUT2D eigenvalue weighted by Crippen LogP contribution is -1.93. The van der Waals surface area contributed by atoms with Crippen molar-refractivity contribution >= 4 is 17.9 Å². The molecule has 0 heterocycles. The quantitative estimate of drug-likeness (QED) is 0.643. The number of aldehydes is 1. The normalized spacial score (nSPS) is 8.50. The van der Waals surface area contributed by atoms with Gasteiger partial charge in [-0.25, -0.2) is 0 Å². The van der Waals surface area contributed by atoms with Gasteiger partial charge in [0.2, 0.25) is 0 Å². The van der Waals surface area contributed by atoms with Crippen molar-refractivity contribution in [3.63, 3.8) is 0 Å². The van der Waals surface area contributed by atoms with Crippen LogP contribution in [-0.2, 0) is 11.2 Å². The first-order valence-corrected chi connectivity index (χ1v) is 7.00. The Bertz CT molecular complexity index is 270. The second-order valence-corrected chi connectivity index (χ2v) is 3.91. The zero-order valence-electron chi connectivity index (χ0n) is 11.8. The molecule has 0 spiro atoms. The zero-order valence-corrected chi connectivity index (χ0v) is 12.5. The fourth-order valence-electron chi connectivity index (χ4n) is 1.04. The Morgan fingerprint density at radius 2 is 1.72 bits per heavy atom. The Labute approximate surface area is 117 Å². The summed E-state index contributed by atoms with van der Waals surface area (Å²) in [6, 6.07) is 7.73. The Kier molecular flexibility index (Phi) is 17.5. The van der Waals surface area contributed by atoms with Crippen molar-refractivity contribution in [2.75, 3.05) is 6.54 Å². The van der Waals surface area contributed by atoms with Crippen LogP contribution >= 0.6 is 11.6 Å². The maximum absolute atomic E-state index is 10.0. The fourth-order valence-corrected chi connectivity index (χ4v) is 1.17. The van der Waals surface area contributed by atoms with E-state index >= 15 is 0 Å². The second-order valence-electron chi connectivity index (χ2n) is 3.47. The minimum Gasteiger partial charge on any atom is -0.330 e. The van der Waals surface area contributed by atoms with Gasteiger partial charge in [0.15, 0.2) is 0 Å². The highest BCUT2D eigenvalue weighted by molar-refractivity contribution is 6.30. The monoisotopic (exact) mass is 271 g/mol. The van der Waals surface area contributed by atoms with Gasteiger partial charge in [0.25, 0.3) is 0 Å². The lowest BCUT2D eigenvalue weighted by atomic mass is 10.1. The minimum absolute atomic E-state index is 0.641. The molecule has 2 nitrogen and oxygen atoms in total. The van der Waals surface area contributed by atoms with Crippen LogP contribution in [0.3, 0.4) is 0 Å². The average Bonchev–Trinajstić information content (AvgIpc) is 2.44. The van der Waals surface area contributed by atoms with Gasteiger partial charge in [-0.15, -0.1) is 0 Å².